The molecule has 118 valence electrons. The minimum Gasteiger partial charge on any atom is -0.460 e. The van der Waals surface area contributed by atoms with E-state index < -0.39 is 5.97 Å². The first-order valence-electron chi connectivity index (χ1n) is 6.70. The Kier molecular flexibility index (Phi) is 5.10. The zero-order valence-electron chi connectivity index (χ0n) is 11.8. The number of hydrogen-bond acceptors (Lipinski definition) is 5. The number of carbonyl (C=O) groups is 1. The molecule has 4 nitrogen and oxygen atoms in total. The van der Waals surface area contributed by atoms with E-state index in [2.05, 4.69) is 4.98 Å². The highest BCUT2D eigenvalue weighted by atomic mass is 35.5. The Morgan fingerprint density at radius 1 is 1.13 bits per heavy atom. The lowest BCUT2D eigenvalue weighted by Crippen LogP contribution is -2.07. The summed E-state index contributed by atoms with van der Waals surface area (Å²) in [6, 6.07) is 12.5. The summed E-state index contributed by atoms with van der Waals surface area (Å²) >= 11 is 13.2. The van der Waals surface area contributed by atoms with Gasteiger partial charge < -0.3 is 9.15 Å². The topological polar surface area (TPSA) is 52.3 Å². The number of aromatic nitrogens is 1. The highest BCUT2D eigenvalue weighted by Crippen LogP contribution is 2.26. The Hall–Kier alpha value is -1.69. The van der Waals surface area contributed by atoms with Crippen molar-refractivity contribution in [3.63, 3.8) is 0 Å². The standard InChI is InChI=1S/C16H11Cl2NO3S/c17-11-4-3-5-12(18)10(11)8-21-15(20)9-23-16-19-13-6-1-2-7-14(13)22-16/h1-7H,8-9H2. The first kappa shape index (κ1) is 16.2. The van der Waals surface area contributed by atoms with E-state index >= 15 is 0 Å². The second-order valence-corrected chi connectivity index (χ2v) is 6.34. The predicted octanol–water partition coefficient (Wildman–Crippen LogP) is 4.97. The largest absolute Gasteiger partial charge is 0.460 e. The van der Waals surface area contributed by atoms with Crippen LogP contribution in [0, 0.1) is 0 Å². The molecule has 0 aliphatic carbocycles. The van der Waals surface area contributed by atoms with Crippen molar-refractivity contribution in [1.29, 1.82) is 0 Å². The molecule has 3 rings (SSSR count). The highest BCUT2D eigenvalue weighted by Gasteiger charge is 2.12. The van der Waals surface area contributed by atoms with Crippen molar-refractivity contribution in [2.45, 2.75) is 11.8 Å². The average molecular weight is 368 g/mol. The summed E-state index contributed by atoms with van der Waals surface area (Å²) < 4.78 is 10.7. The minimum absolute atomic E-state index is 0.0332. The number of benzene rings is 2. The molecule has 0 aliphatic rings. The maximum absolute atomic E-state index is 11.8. The van der Waals surface area contributed by atoms with E-state index in [0.717, 1.165) is 5.52 Å². The van der Waals surface area contributed by atoms with Gasteiger partial charge in [-0.15, -0.1) is 0 Å². The number of fused-ring (bicyclic) bond motifs is 1. The van der Waals surface area contributed by atoms with E-state index in [1.54, 1.807) is 18.2 Å². The van der Waals surface area contributed by atoms with Crippen LogP contribution in [0.15, 0.2) is 52.1 Å². The van der Waals surface area contributed by atoms with E-state index in [9.17, 15) is 4.79 Å². The molecule has 0 N–H and O–H groups in total. The second kappa shape index (κ2) is 7.25. The fourth-order valence-corrected chi connectivity index (χ4v) is 3.04. The summed E-state index contributed by atoms with van der Waals surface area (Å²) in [5, 5.41) is 1.37. The maximum atomic E-state index is 11.8. The fraction of sp³-hybridized carbons (Fsp3) is 0.125. The summed E-state index contributed by atoms with van der Waals surface area (Å²) in [6.07, 6.45) is 0. The lowest BCUT2D eigenvalue weighted by Gasteiger charge is -2.07. The van der Waals surface area contributed by atoms with Gasteiger partial charge in [-0.2, -0.15) is 0 Å². The van der Waals surface area contributed by atoms with Crippen molar-refractivity contribution >= 4 is 52.0 Å². The molecule has 0 fully saturated rings. The van der Waals surface area contributed by atoms with E-state index in [-0.39, 0.29) is 12.4 Å². The van der Waals surface area contributed by atoms with Crippen molar-refractivity contribution in [2.75, 3.05) is 5.75 Å². The molecule has 0 amide bonds. The zero-order chi connectivity index (χ0) is 16.2. The SMILES string of the molecule is O=C(CSc1nc2ccccc2o1)OCc1c(Cl)cccc1Cl. The molecule has 23 heavy (non-hydrogen) atoms. The van der Waals surface area contributed by atoms with Gasteiger partial charge in [0.05, 0.1) is 0 Å². The fourth-order valence-electron chi connectivity index (χ4n) is 1.90. The van der Waals surface area contributed by atoms with E-state index in [1.807, 2.05) is 24.3 Å². The van der Waals surface area contributed by atoms with Gasteiger partial charge in [0, 0.05) is 15.6 Å². The molecule has 0 saturated carbocycles. The monoisotopic (exact) mass is 367 g/mol. The lowest BCUT2D eigenvalue weighted by molar-refractivity contribution is -0.141. The number of hydrogen-bond donors (Lipinski definition) is 0. The number of ether oxygens (including phenoxy) is 1. The number of nitrogens with zero attached hydrogens (tertiary/aromatic N) is 1. The minimum atomic E-state index is -0.395. The van der Waals surface area contributed by atoms with Crippen LogP contribution in [-0.2, 0) is 16.1 Å². The summed E-state index contributed by atoms with van der Waals surface area (Å²) in [6.45, 7) is 0.0332. The number of halogens is 2. The highest BCUT2D eigenvalue weighted by molar-refractivity contribution is 7.99. The normalized spacial score (nSPS) is 10.9. The molecule has 0 bridgehead atoms. The number of rotatable bonds is 5. The first-order chi connectivity index (χ1) is 11.1. The Morgan fingerprint density at radius 2 is 1.87 bits per heavy atom. The van der Waals surface area contributed by atoms with E-state index in [4.69, 9.17) is 32.4 Å². The average Bonchev–Trinajstić information content (AvgIpc) is 2.95. The van der Waals surface area contributed by atoms with Crippen molar-refractivity contribution in [1.82, 2.24) is 4.98 Å². The molecule has 0 saturated heterocycles. The third-order valence-corrected chi connectivity index (χ3v) is 4.54. The van der Waals surface area contributed by atoms with Crippen LogP contribution < -0.4 is 0 Å². The number of oxazole rings is 1. The molecule has 0 spiro atoms. The number of thioether (sulfide) groups is 1. The van der Waals surface area contributed by atoms with Crippen LogP contribution in [0.25, 0.3) is 11.1 Å². The Bertz CT molecular complexity index is 797. The molecule has 0 unspecified atom stereocenters. The summed E-state index contributed by atoms with van der Waals surface area (Å²) in [4.78, 5) is 16.1. The van der Waals surface area contributed by atoms with Gasteiger partial charge in [0.25, 0.3) is 5.22 Å². The van der Waals surface area contributed by atoms with Crippen LogP contribution in [0.3, 0.4) is 0 Å². The van der Waals surface area contributed by atoms with Gasteiger partial charge in [0.1, 0.15) is 17.9 Å². The van der Waals surface area contributed by atoms with Crippen LogP contribution >= 0.6 is 35.0 Å². The van der Waals surface area contributed by atoms with Crippen LogP contribution in [0.5, 0.6) is 0 Å². The summed E-state index contributed by atoms with van der Waals surface area (Å²) in [7, 11) is 0. The molecule has 3 aromatic rings. The Balaban J connectivity index is 1.55. The van der Waals surface area contributed by atoms with Gasteiger partial charge in [-0.3, -0.25) is 4.79 Å². The van der Waals surface area contributed by atoms with Crippen LogP contribution in [0.4, 0.5) is 0 Å². The van der Waals surface area contributed by atoms with E-state index in [0.29, 0.717) is 26.4 Å². The Morgan fingerprint density at radius 3 is 2.61 bits per heavy atom. The number of esters is 1. The van der Waals surface area contributed by atoms with Crippen molar-refractivity contribution in [3.05, 3.63) is 58.1 Å². The quantitative estimate of drug-likeness (QED) is 0.470. The Labute approximate surface area is 146 Å². The third-order valence-electron chi connectivity index (χ3n) is 3.03. The van der Waals surface area contributed by atoms with Crippen molar-refractivity contribution in [2.24, 2.45) is 0 Å². The molecule has 1 aromatic heterocycles. The second-order valence-electron chi connectivity index (χ2n) is 4.60. The van der Waals surface area contributed by atoms with Gasteiger partial charge in [-0.25, -0.2) is 4.98 Å². The molecular formula is C16H11Cl2NO3S. The zero-order valence-corrected chi connectivity index (χ0v) is 14.1. The molecule has 1 heterocycles. The van der Waals surface area contributed by atoms with Crippen LogP contribution in [0.2, 0.25) is 10.0 Å². The summed E-state index contributed by atoms with van der Waals surface area (Å²) in [5.74, 6) is -0.303. The first-order valence-corrected chi connectivity index (χ1v) is 8.44. The van der Waals surface area contributed by atoms with Crippen molar-refractivity contribution < 1.29 is 13.9 Å². The summed E-state index contributed by atoms with van der Waals surface area (Å²) in [5.41, 5.74) is 2.04. The molecule has 2 aromatic carbocycles. The molecular weight excluding hydrogens is 357 g/mol. The molecule has 0 atom stereocenters. The predicted molar refractivity (Wildman–Crippen MR) is 91.0 cm³/mol. The van der Waals surface area contributed by atoms with Crippen LogP contribution in [-0.4, -0.2) is 16.7 Å². The van der Waals surface area contributed by atoms with Crippen molar-refractivity contribution in [3.8, 4) is 0 Å². The van der Waals surface area contributed by atoms with Gasteiger partial charge >= 0.3 is 5.97 Å². The molecule has 0 aliphatic heterocycles. The molecule has 7 heteroatoms. The smallest absolute Gasteiger partial charge is 0.316 e. The van der Waals surface area contributed by atoms with E-state index in [1.165, 1.54) is 11.8 Å². The third kappa shape index (κ3) is 3.99. The molecule has 0 radical (unpaired) electrons. The lowest BCUT2D eigenvalue weighted by atomic mass is 10.2. The van der Waals surface area contributed by atoms with Crippen LogP contribution in [0.1, 0.15) is 5.56 Å². The number of para-hydroxylation sites is 2. The van der Waals surface area contributed by atoms with Gasteiger partial charge in [-0.1, -0.05) is 53.2 Å². The van der Waals surface area contributed by atoms with Gasteiger partial charge in [0.2, 0.25) is 0 Å². The van der Waals surface area contributed by atoms with Gasteiger partial charge in [-0.05, 0) is 24.3 Å². The number of carbonyl (C=O) groups excluding carboxylic acids is 1. The maximum Gasteiger partial charge on any atom is 0.316 e. The van der Waals surface area contributed by atoms with Gasteiger partial charge in [0.15, 0.2) is 5.58 Å².